The van der Waals surface area contributed by atoms with Crippen LogP contribution in [-0.4, -0.2) is 22.1 Å². The fraction of sp³-hybridized carbons (Fsp3) is 0.357. The van der Waals surface area contributed by atoms with Gasteiger partial charge in [0.05, 0.1) is 12.8 Å². The number of unbranched alkanes of at least 4 members (excludes halogenated alkanes) is 1. The minimum atomic E-state index is 0.388. The molecule has 98 valence electrons. The number of rotatable bonds is 5. The summed E-state index contributed by atoms with van der Waals surface area (Å²) >= 11 is 0. The van der Waals surface area contributed by atoms with Crippen molar-refractivity contribution in [3.05, 3.63) is 35.7 Å². The van der Waals surface area contributed by atoms with E-state index in [-0.39, 0.29) is 0 Å². The zero-order valence-electron chi connectivity index (χ0n) is 11.1. The summed E-state index contributed by atoms with van der Waals surface area (Å²) in [6.45, 7) is 2.11. The largest absolute Gasteiger partial charge is 0.494 e. The molecule has 0 fully saturated rings. The third kappa shape index (κ3) is 2.58. The van der Waals surface area contributed by atoms with Gasteiger partial charge in [-0.1, -0.05) is 30.7 Å². The molecule has 0 N–H and O–H groups in total. The van der Waals surface area contributed by atoms with Gasteiger partial charge in [-0.05, 0) is 25.0 Å². The van der Waals surface area contributed by atoms with Gasteiger partial charge in [-0.2, -0.15) is 5.26 Å². The molecule has 0 saturated heterocycles. The Morgan fingerprint density at radius 2 is 2.16 bits per heavy atom. The lowest BCUT2D eigenvalue weighted by Crippen LogP contribution is -2.05. The molecule has 2 rings (SSSR count). The number of para-hydroxylation sites is 2. The number of hydrogen-bond acceptors (Lipinski definition) is 4. The van der Waals surface area contributed by atoms with Crippen LogP contribution in [0.1, 0.15) is 31.2 Å². The van der Waals surface area contributed by atoms with Gasteiger partial charge in [0.2, 0.25) is 0 Å². The predicted octanol–water partition coefficient (Wildman–Crippen LogP) is 2.49. The van der Waals surface area contributed by atoms with E-state index in [1.807, 2.05) is 24.3 Å². The molecule has 0 amide bonds. The van der Waals surface area contributed by atoms with E-state index in [4.69, 9.17) is 10.00 Å². The maximum absolute atomic E-state index is 9.11. The summed E-state index contributed by atoms with van der Waals surface area (Å²) in [7, 11) is 1.62. The smallest absolute Gasteiger partial charge is 0.186 e. The molecule has 0 aliphatic heterocycles. The maximum Gasteiger partial charge on any atom is 0.186 e. The summed E-state index contributed by atoms with van der Waals surface area (Å²) in [4.78, 5) is 0. The molecule has 0 spiro atoms. The molecule has 0 atom stereocenters. The second-order valence-electron chi connectivity index (χ2n) is 4.18. The van der Waals surface area contributed by atoms with Crippen LogP contribution in [0.2, 0.25) is 0 Å². The molecule has 0 radical (unpaired) electrons. The van der Waals surface area contributed by atoms with Gasteiger partial charge in [-0.15, -0.1) is 5.10 Å². The molecule has 0 aliphatic carbocycles. The van der Waals surface area contributed by atoms with E-state index in [9.17, 15) is 0 Å². The normalized spacial score (nSPS) is 10.2. The maximum atomic E-state index is 9.11. The molecule has 2 aromatic rings. The molecule has 0 saturated carbocycles. The van der Waals surface area contributed by atoms with Crippen LogP contribution in [0.25, 0.3) is 5.69 Å². The summed E-state index contributed by atoms with van der Waals surface area (Å²) in [6, 6.07) is 9.68. The van der Waals surface area contributed by atoms with Crippen molar-refractivity contribution in [2.45, 2.75) is 26.2 Å². The first-order chi connectivity index (χ1) is 9.31. The molecular weight excluding hydrogens is 240 g/mol. The summed E-state index contributed by atoms with van der Waals surface area (Å²) in [6.07, 6.45) is 2.84. The first-order valence-corrected chi connectivity index (χ1v) is 6.29. The van der Waals surface area contributed by atoms with Crippen LogP contribution in [0, 0.1) is 11.3 Å². The Balaban J connectivity index is 2.50. The van der Waals surface area contributed by atoms with Gasteiger partial charge in [0.1, 0.15) is 17.5 Å². The second kappa shape index (κ2) is 6.01. The fourth-order valence-corrected chi connectivity index (χ4v) is 1.96. The Kier molecular flexibility index (Phi) is 4.14. The molecular formula is C14H16N4O. The lowest BCUT2D eigenvalue weighted by molar-refractivity contribution is 0.411. The SMILES string of the molecule is CCCCc1c(C#N)nnn1-c1ccccc1OC. The minimum Gasteiger partial charge on any atom is -0.494 e. The summed E-state index contributed by atoms with van der Waals surface area (Å²) in [5.41, 5.74) is 2.04. The zero-order chi connectivity index (χ0) is 13.7. The molecule has 19 heavy (non-hydrogen) atoms. The van der Waals surface area contributed by atoms with Crippen molar-refractivity contribution < 1.29 is 4.74 Å². The number of nitrogens with zero attached hydrogens (tertiary/aromatic N) is 4. The van der Waals surface area contributed by atoms with E-state index in [2.05, 4.69) is 23.3 Å². The van der Waals surface area contributed by atoms with Crippen LogP contribution in [0.15, 0.2) is 24.3 Å². The van der Waals surface area contributed by atoms with Crippen LogP contribution < -0.4 is 4.74 Å². The number of hydrogen-bond donors (Lipinski definition) is 0. The summed E-state index contributed by atoms with van der Waals surface area (Å²) in [5.74, 6) is 0.717. The number of nitriles is 1. The Bertz CT molecular complexity index is 598. The van der Waals surface area contributed by atoms with Gasteiger partial charge < -0.3 is 4.74 Å². The van der Waals surface area contributed by atoms with E-state index in [1.165, 1.54) is 0 Å². The molecule has 0 bridgehead atoms. The van der Waals surface area contributed by atoms with Crippen molar-refractivity contribution >= 4 is 0 Å². The van der Waals surface area contributed by atoms with E-state index in [0.29, 0.717) is 5.69 Å². The highest BCUT2D eigenvalue weighted by Crippen LogP contribution is 2.24. The third-order valence-electron chi connectivity index (χ3n) is 2.95. The standard InChI is InChI=1S/C14H16N4O/c1-3-4-7-12-11(10-15)16-17-18(12)13-8-5-6-9-14(13)19-2/h5-6,8-9H,3-4,7H2,1-2H3. The Morgan fingerprint density at radius 3 is 2.84 bits per heavy atom. The van der Waals surface area contributed by atoms with E-state index >= 15 is 0 Å². The molecule has 5 heteroatoms. The fourth-order valence-electron chi connectivity index (χ4n) is 1.96. The molecule has 0 aliphatic rings. The van der Waals surface area contributed by atoms with Gasteiger partial charge in [-0.25, -0.2) is 4.68 Å². The lowest BCUT2D eigenvalue weighted by Gasteiger charge is -2.10. The van der Waals surface area contributed by atoms with Crippen LogP contribution in [0.3, 0.4) is 0 Å². The van der Waals surface area contributed by atoms with Crippen molar-refractivity contribution in [2.75, 3.05) is 7.11 Å². The number of ether oxygens (including phenoxy) is 1. The van der Waals surface area contributed by atoms with Gasteiger partial charge >= 0.3 is 0 Å². The van der Waals surface area contributed by atoms with E-state index in [1.54, 1.807) is 11.8 Å². The van der Waals surface area contributed by atoms with Gasteiger partial charge in [0.25, 0.3) is 0 Å². The monoisotopic (exact) mass is 256 g/mol. The molecule has 1 heterocycles. The Labute approximate surface area is 112 Å². The van der Waals surface area contributed by atoms with Crippen LogP contribution in [0.4, 0.5) is 0 Å². The third-order valence-corrected chi connectivity index (χ3v) is 2.95. The Morgan fingerprint density at radius 1 is 1.37 bits per heavy atom. The first kappa shape index (κ1) is 13.1. The average Bonchev–Trinajstić information content (AvgIpc) is 2.87. The first-order valence-electron chi connectivity index (χ1n) is 6.29. The van der Waals surface area contributed by atoms with Crippen molar-refractivity contribution in [1.29, 1.82) is 5.26 Å². The quantitative estimate of drug-likeness (QED) is 0.824. The van der Waals surface area contributed by atoms with Crippen LogP contribution in [0.5, 0.6) is 5.75 Å². The molecule has 1 aromatic carbocycles. The van der Waals surface area contributed by atoms with Crippen LogP contribution >= 0.6 is 0 Å². The highest BCUT2D eigenvalue weighted by molar-refractivity contribution is 5.47. The summed E-state index contributed by atoms with van der Waals surface area (Å²) < 4.78 is 7.03. The highest BCUT2D eigenvalue weighted by atomic mass is 16.5. The minimum absolute atomic E-state index is 0.388. The molecule has 5 nitrogen and oxygen atoms in total. The number of methoxy groups -OCH3 is 1. The number of benzene rings is 1. The second-order valence-corrected chi connectivity index (χ2v) is 4.18. The lowest BCUT2D eigenvalue weighted by atomic mass is 10.1. The Hall–Kier alpha value is -2.35. The van der Waals surface area contributed by atoms with E-state index in [0.717, 1.165) is 36.4 Å². The van der Waals surface area contributed by atoms with Crippen molar-refractivity contribution in [3.63, 3.8) is 0 Å². The van der Waals surface area contributed by atoms with Gasteiger partial charge in [-0.3, -0.25) is 0 Å². The van der Waals surface area contributed by atoms with Crippen LogP contribution in [-0.2, 0) is 6.42 Å². The number of aromatic nitrogens is 3. The zero-order valence-corrected chi connectivity index (χ0v) is 11.1. The summed E-state index contributed by atoms with van der Waals surface area (Å²) in [5, 5.41) is 17.1. The molecule has 1 aromatic heterocycles. The molecule has 0 unspecified atom stereocenters. The topological polar surface area (TPSA) is 63.7 Å². The van der Waals surface area contributed by atoms with Gasteiger partial charge in [0, 0.05) is 0 Å². The van der Waals surface area contributed by atoms with Crippen molar-refractivity contribution in [3.8, 4) is 17.5 Å². The highest BCUT2D eigenvalue weighted by Gasteiger charge is 2.15. The van der Waals surface area contributed by atoms with Crippen molar-refractivity contribution in [2.24, 2.45) is 0 Å². The predicted molar refractivity (Wildman–Crippen MR) is 71.2 cm³/mol. The van der Waals surface area contributed by atoms with Crippen molar-refractivity contribution in [1.82, 2.24) is 15.0 Å². The van der Waals surface area contributed by atoms with Gasteiger partial charge in [0.15, 0.2) is 5.69 Å². The van der Waals surface area contributed by atoms with E-state index < -0.39 is 0 Å². The average molecular weight is 256 g/mol.